The van der Waals surface area contributed by atoms with E-state index in [1.807, 2.05) is 48.7 Å². The van der Waals surface area contributed by atoms with Gasteiger partial charge in [-0.2, -0.15) is 0 Å². The van der Waals surface area contributed by atoms with Crippen LogP contribution >= 0.6 is 23.2 Å². The normalized spacial score (nSPS) is 23.6. The van der Waals surface area contributed by atoms with E-state index in [1.165, 1.54) is 16.7 Å². The molecule has 0 amide bonds. The number of benzene rings is 3. The molecule has 4 heterocycles. The van der Waals surface area contributed by atoms with Gasteiger partial charge in [0.2, 0.25) is 0 Å². The van der Waals surface area contributed by atoms with Crippen LogP contribution in [0.4, 0.5) is 0 Å². The molecule has 0 saturated carbocycles. The van der Waals surface area contributed by atoms with Gasteiger partial charge in [0.1, 0.15) is 31.0 Å². The van der Waals surface area contributed by atoms with Crippen LogP contribution in [0.1, 0.15) is 88.3 Å². The highest BCUT2D eigenvalue weighted by molar-refractivity contribution is 6.35. The highest BCUT2D eigenvalue weighted by Gasteiger charge is 2.54. The summed E-state index contributed by atoms with van der Waals surface area (Å²) in [5, 5.41) is 14.5. The minimum atomic E-state index is -0.657. The summed E-state index contributed by atoms with van der Waals surface area (Å²) >= 11 is 12.8. The van der Waals surface area contributed by atoms with Gasteiger partial charge in [-0.05, 0) is 82.0 Å². The highest BCUT2D eigenvalue weighted by Crippen LogP contribution is 2.48. The largest absolute Gasteiger partial charge is 0.489 e. The maximum atomic E-state index is 12.5. The standard InChI is InChI=1S/C41H49Cl2N2O2/c1-8-27-24-45(23-26-18-29(40(2,3)4)21-30(19-26)41(5,6)7)17-15-28(27)20-38(45)39(46)32-14-16-44-37-13-12-31(22-33(32)37)47-25-34-35(42)10-9-11-36(34)43/h8-14,16,18-19,21-22,27-28,38-39,46H,1,15,17,20,23-25H2,2-7H3/q+1/t27?,28?,38-,39+,45?/m0/s1. The van der Waals surface area contributed by atoms with E-state index >= 15 is 0 Å². The molecule has 47 heavy (non-hydrogen) atoms. The van der Waals surface area contributed by atoms with Crippen molar-refractivity contribution in [3.63, 3.8) is 0 Å². The second-order valence-electron chi connectivity index (χ2n) is 16.0. The highest BCUT2D eigenvalue weighted by atomic mass is 35.5. The van der Waals surface area contributed by atoms with Crippen LogP contribution in [0, 0.1) is 11.8 Å². The van der Waals surface area contributed by atoms with Crippen molar-refractivity contribution in [1.82, 2.24) is 4.98 Å². The Morgan fingerprint density at radius 3 is 2.30 bits per heavy atom. The lowest BCUT2D eigenvalue weighted by molar-refractivity contribution is -0.984. The number of rotatable bonds is 8. The number of quaternary nitrogens is 1. The van der Waals surface area contributed by atoms with Crippen LogP contribution in [0.15, 0.2) is 79.5 Å². The molecule has 3 fully saturated rings. The van der Waals surface area contributed by atoms with Crippen molar-refractivity contribution in [3.05, 3.63) is 117 Å². The van der Waals surface area contributed by atoms with E-state index in [4.69, 9.17) is 27.9 Å². The fourth-order valence-electron chi connectivity index (χ4n) is 7.92. The van der Waals surface area contributed by atoms with E-state index in [0.717, 1.165) is 59.0 Å². The number of piperidine rings is 3. The zero-order valence-corrected chi connectivity index (χ0v) is 30.2. The van der Waals surface area contributed by atoms with Gasteiger partial charge in [0.15, 0.2) is 0 Å². The first-order valence-electron chi connectivity index (χ1n) is 16.9. The lowest BCUT2D eigenvalue weighted by Crippen LogP contribution is -2.67. The van der Waals surface area contributed by atoms with Gasteiger partial charge in [0.25, 0.3) is 0 Å². The molecule has 0 spiro atoms. The number of ether oxygens (including phenoxy) is 1. The van der Waals surface area contributed by atoms with Crippen LogP contribution in [-0.4, -0.2) is 33.7 Å². The molecule has 5 atom stereocenters. The van der Waals surface area contributed by atoms with Crippen molar-refractivity contribution in [1.29, 1.82) is 0 Å². The molecule has 3 saturated heterocycles. The van der Waals surface area contributed by atoms with Gasteiger partial charge in [-0.15, -0.1) is 6.58 Å². The minimum Gasteiger partial charge on any atom is -0.489 e. The Morgan fingerprint density at radius 2 is 1.66 bits per heavy atom. The summed E-state index contributed by atoms with van der Waals surface area (Å²) in [6.45, 7) is 21.2. The Hall–Kier alpha value is -2.89. The molecule has 4 nitrogen and oxygen atoms in total. The maximum Gasteiger partial charge on any atom is 0.131 e. The molecule has 2 bridgehead atoms. The smallest absolute Gasteiger partial charge is 0.131 e. The molecule has 3 unspecified atom stereocenters. The van der Waals surface area contributed by atoms with Crippen molar-refractivity contribution >= 4 is 34.1 Å². The molecule has 0 radical (unpaired) electrons. The SMILES string of the molecule is C=CC1C[N+]2(Cc3cc(C(C)(C)C)cc(C(C)(C)C)c3)CCC1C[C@H]2[C@H](O)c1ccnc2ccc(OCc3c(Cl)cccc3Cl)cc12. The molecule has 3 aromatic carbocycles. The Bertz CT molecular complexity index is 1740. The van der Waals surface area contributed by atoms with Crippen LogP contribution in [0.5, 0.6) is 5.75 Å². The van der Waals surface area contributed by atoms with E-state index in [2.05, 4.69) is 77.4 Å². The molecule has 1 aromatic heterocycles. The summed E-state index contributed by atoms with van der Waals surface area (Å²) in [5.41, 5.74) is 6.67. The third-order valence-electron chi connectivity index (χ3n) is 10.8. The van der Waals surface area contributed by atoms with Crippen LogP contribution in [0.25, 0.3) is 10.9 Å². The summed E-state index contributed by atoms with van der Waals surface area (Å²) in [6.07, 6.45) is 5.46. The van der Waals surface area contributed by atoms with Crippen LogP contribution in [0.3, 0.4) is 0 Å². The Balaban J connectivity index is 1.37. The average molecular weight is 673 g/mol. The summed E-state index contributed by atoms with van der Waals surface area (Å²) in [7, 11) is 0. The molecule has 3 aliphatic heterocycles. The molecule has 4 aromatic rings. The first kappa shape index (κ1) is 34.0. The lowest BCUT2D eigenvalue weighted by atomic mass is 9.71. The number of pyridine rings is 1. The second kappa shape index (κ2) is 12.9. The molecule has 1 N–H and O–H groups in total. The number of aliphatic hydroxyl groups is 1. The van der Waals surface area contributed by atoms with E-state index in [9.17, 15) is 5.11 Å². The van der Waals surface area contributed by atoms with E-state index in [1.54, 1.807) is 0 Å². The van der Waals surface area contributed by atoms with Crippen molar-refractivity contribution in [2.24, 2.45) is 11.8 Å². The number of fused-ring (bicyclic) bond motifs is 4. The molecule has 6 heteroatoms. The van der Waals surface area contributed by atoms with Crippen molar-refractivity contribution in [3.8, 4) is 5.75 Å². The summed E-state index contributed by atoms with van der Waals surface area (Å²) < 4.78 is 7.06. The summed E-state index contributed by atoms with van der Waals surface area (Å²) in [5.74, 6) is 1.67. The fraction of sp³-hybridized carbons (Fsp3) is 0.439. The zero-order valence-electron chi connectivity index (χ0n) is 28.7. The minimum absolute atomic E-state index is 0.0420. The van der Waals surface area contributed by atoms with Gasteiger partial charge < -0.3 is 14.3 Å². The molecule has 0 aliphatic carbocycles. The first-order chi connectivity index (χ1) is 22.2. The second-order valence-corrected chi connectivity index (χ2v) is 16.8. The monoisotopic (exact) mass is 671 g/mol. The molecule has 248 valence electrons. The number of nitrogens with zero attached hydrogens (tertiary/aromatic N) is 2. The quantitative estimate of drug-likeness (QED) is 0.150. The fourth-order valence-corrected chi connectivity index (χ4v) is 8.43. The van der Waals surface area contributed by atoms with Crippen molar-refractivity contribution in [2.75, 3.05) is 13.1 Å². The molecule has 3 aliphatic rings. The molecule has 7 rings (SSSR count). The van der Waals surface area contributed by atoms with E-state index in [-0.39, 0.29) is 23.5 Å². The Labute approximate surface area is 291 Å². The van der Waals surface area contributed by atoms with Gasteiger partial charge in [0, 0.05) is 51.5 Å². The van der Waals surface area contributed by atoms with E-state index in [0.29, 0.717) is 27.6 Å². The van der Waals surface area contributed by atoms with Crippen LogP contribution < -0.4 is 4.74 Å². The third-order valence-corrected chi connectivity index (χ3v) is 11.5. The zero-order chi connectivity index (χ0) is 33.7. The molecular formula is C41H49Cl2N2O2+. The van der Waals surface area contributed by atoms with E-state index < -0.39 is 6.10 Å². The Morgan fingerprint density at radius 1 is 0.979 bits per heavy atom. The van der Waals surface area contributed by atoms with Gasteiger partial charge in [-0.25, -0.2) is 0 Å². The number of halogens is 2. The topological polar surface area (TPSA) is 42.4 Å². The number of hydrogen-bond acceptors (Lipinski definition) is 3. The number of aromatic nitrogens is 1. The Kier molecular flexibility index (Phi) is 9.30. The van der Waals surface area contributed by atoms with Gasteiger partial charge in [0.05, 0.1) is 18.6 Å². The lowest BCUT2D eigenvalue weighted by Gasteiger charge is -2.58. The van der Waals surface area contributed by atoms with Gasteiger partial charge in [-0.3, -0.25) is 4.98 Å². The molecular weight excluding hydrogens is 623 g/mol. The predicted octanol–water partition coefficient (Wildman–Crippen LogP) is 10.4. The summed E-state index contributed by atoms with van der Waals surface area (Å²) in [4.78, 5) is 4.65. The van der Waals surface area contributed by atoms with Crippen molar-refractivity contribution < 1.29 is 14.3 Å². The third kappa shape index (κ3) is 6.85. The first-order valence-corrected chi connectivity index (χ1v) is 17.7. The summed E-state index contributed by atoms with van der Waals surface area (Å²) in [6, 6.07) is 20.6. The van der Waals surface area contributed by atoms with Gasteiger partial charge >= 0.3 is 0 Å². The van der Waals surface area contributed by atoms with Gasteiger partial charge in [-0.1, -0.05) is 83.0 Å². The van der Waals surface area contributed by atoms with Crippen LogP contribution in [-0.2, 0) is 24.0 Å². The number of aliphatic hydroxyl groups excluding tert-OH is 1. The number of hydrogen-bond donors (Lipinski definition) is 1. The predicted molar refractivity (Wildman–Crippen MR) is 195 cm³/mol. The van der Waals surface area contributed by atoms with Crippen LogP contribution in [0.2, 0.25) is 10.0 Å². The maximum absolute atomic E-state index is 12.5. The van der Waals surface area contributed by atoms with Crippen molar-refractivity contribution in [2.45, 2.75) is 90.5 Å². The average Bonchev–Trinajstić information content (AvgIpc) is 3.02.